The van der Waals surface area contributed by atoms with E-state index < -0.39 is 0 Å². The first-order valence-corrected chi connectivity index (χ1v) is 6.70. The Hall–Kier alpha value is -2.23. The fraction of sp³-hybridized carbons (Fsp3) is 0.250. The van der Waals surface area contributed by atoms with Gasteiger partial charge in [-0.15, -0.1) is 0 Å². The fourth-order valence-electron chi connectivity index (χ4n) is 2.19. The van der Waals surface area contributed by atoms with Crippen LogP contribution in [0.5, 0.6) is 11.5 Å². The molecule has 0 amide bonds. The average Bonchev–Trinajstić information content (AvgIpc) is 2.72. The van der Waals surface area contributed by atoms with Gasteiger partial charge in [0, 0.05) is 18.5 Å². The highest BCUT2D eigenvalue weighted by Crippen LogP contribution is 2.33. The topological polar surface area (TPSA) is 30.5 Å². The summed E-state index contributed by atoms with van der Waals surface area (Å²) in [6, 6.07) is 12.4. The van der Waals surface area contributed by atoms with Gasteiger partial charge < -0.3 is 14.8 Å². The van der Waals surface area contributed by atoms with Crippen LogP contribution in [0.15, 0.2) is 42.5 Å². The molecule has 0 aliphatic carbocycles. The van der Waals surface area contributed by atoms with Gasteiger partial charge in [0.25, 0.3) is 0 Å². The predicted octanol–water partition coefficient (Wildman–Crippen LogP) is 3.60. The molecule has 3 nitrogen and oxygen atoms in total. The van der Waals surface area contributed by atoms with Gasteiger partial charge in [-0.3, -0.25) is 0 Å². The monoisotopic (exact) mass is 273 g/mol. The number of nitrogens with one attached hydrogen (secondary N) is 1. The summed E-state index contributed by atoms with van der Waals surface area (Å²) < 4.78 is 25.0. The molecule has 2 aromatic carbocycles. The molecule has 104 valence electrons. The van der Waals surface area contributed by atoms with E-state index in [4.69, 9.17) is 9.47 Å². The van der Waals surface area contributed by atoms with E-state index in [2.05, 4.69) is 5.32 Å². The first kappa shape index (κ1) is 12.8. The number of anilines is 1. The second-order valence-electron chi connectivity index (χ2n) is 4.63. The quantitative estimate of drug-likeness (QED) is 0.927. The molecule has 1 aliphatic rings. The van der Waals surface area contributed by atoms with Gasteiger partial charge in [0.15, 0.2) is 11.5 Å². The molecule has 0 radical (unpaired) electrons. The van der Waals surface area contributed by atoms with Crippen LogP contribution in [-0.2, 0) is 6.54 Å². The summed E-state index contributed by atoms with van der Waals surface area (Å²) in [6.45, 7) is 1.80. The molecule has 0 spiro atoms. The highest BCUT2D eigenvalue weighted by atomic mass is 19.1. The lowest BCUT2D eigenvalue weighted by Crippen LogP contribution is -2.04. The summed E-state index contributed by atoms with van der Waals surface area (Å²) in [7, 11) is 0. The number of hydrogen-bond acceptors (Lipinski definition) is 3. The maximum absolute atomic E-state index is 13.6. The van der Waals surface area contributed by atoms with Crippen molar-refractivity contribution < 1.29 is 13.9 Å². The van der Waals surface area contributed by atoms with Crippen LogP contribution in [0.25, 0.3) is 0 Å². The van der Waals surface area contributed by atoms with Crippen molar-refractivity contribution in [1.29, 1.82) is 0 Å². The first-order valence-electron chi connectivity index (χ1n) is 6.70. The number of hydrogen-bond donors (Lipinski definition) is 1. The Bertz CT molecular complexity index is 601. The predicted molar refractivity (Wildman–Crippen MR) is 75.8 cm³/mol. The van der Waals surface area contributed by atoms with Crippen molar-refractivity contribution in [3.8, 4) is 11.5 Å². The lowest BCUT2D eigenvalue weighted by Gasteiger charge is -2.13. The zero-order chi connectivity index (χ0) is 13.8. The van der Waals surface area contributed by atoms with Gasteiger partial charge in [-0.05, 0) is 18.2 Å². The van der Waals surface area contributed by atoms with E-state index in [1.807, 2.05) is 18.2 Å². The van der Waals surface area contributed by atoms with Gasteiger partial charge in [-0.25, -0.2) is 4.39 Å². The van der Waals surface area contributed by atoms with E-state index in [1.165, 1.54) is 6.07 Å². The minimum Gasteiger partial charge on any atom is -0.490 e. The highest BCUT2D eigenvalue weighted by Gasteiger charge is 2.14. The Kier molecular flexibility index (Phi) is 3.72. The van der Waals surface area contributed by atoms with E-state index in [0.717, 1.165) is 23.5 Å². The third kappa shape index (κ3) is 2.69. The summed E-state index contributed by atoms with van der Waals surface area (Å²) in [5.74, 6) is 1.26. The van der Waals surface area contributed by atoms with Gasteiger partial charge in [0.1, 0.15) is 5.82 Å². The molecule has 0 bridgehead atoms. The summed E-state index contributed by atoms with van der Waals surface area (Å²) in [5, 5.41) is 3.09. The number of para-hydroxylation sites is 2. The molecule has 4 heteroatoms. The van der Waals surface area contributed by atoms with Crippen LogP contribution in [0.3, 0.4) is 0 Å². The van der Waals surface area contributed by atoms with Gasteiger partial charge in [-0.1, -0.05) is 24.3 Å². The number of ether oxygens (including phenoxy) is 2. The molecule has 0 fully saturated rings. The molecular formula is C16H16FNO2. The minimum atomic E-state index is -0.258. The van der Waals surface area contributed by atoms with E-state index in [0.29, 0.717) is 25.4 Å². The second-order valence-corrected chi connectivity index (χ2v) is 4.63. The second kappa shape index (κ2) is 5.82. The van der Waals surface area contributed by atoms with Crippen molar-refractivity contribution in [3.05, 3.63) is 53.8 Å². The SMILES string of the molecule is Fc1ccccc1NCc1cccc2c1OCCCO2. The van der Waals surface area contributed by atoms with Crippen molar-refractivity contribution in [2.24, 2.45) is 0 Å². The van der Waals surface area contributed by atoms with Crippen molar-refractivity contribution in [2.75, 3.05) is 18.5 Å². The molecule has 0 aromatic heterocycles. The van der Waals surface area contributed by atoms with E-state index in [1.54, 1.807) is 18.2 Å². The smallest absolute Gasteiger partial charge is 0.166 e. The first-order chi connectivity index (χ1) is 9.84. The van der Waals surface area contributed by atoms with Gasteiger partial charge in [0.2, 0.25) is 0 Å². The van der Waals surface area contributed by atoms with Crippen molar-refractivity contribution in [2.45, 2.75) is 13.0 Å². The van der Waals surface area contributed by atoms with Crippen LogP contribution < -0.4 is 14.8 Å². The molecule has 0 saturated heterocycles. The van der Waals surface area contributed by atoms with E-state index in [9.17, 15) is 4.39 Å². The zero-order valence-corrected chi connectivity index (χ0v) is 11.1. The molecule has 2 aromatic rings. The summed E-state index contributed by atoms with van der Waals surface area (Å²) >= 11 is 0. The van der Waals surface area contributed by atoms with Gasteiger partial charge in [0.05, 0.1) is 18.9 Å². The molecule has 1 heterocycles. The third-order valence-electron chi connectivity index (χ3n) is 3.20. The van der Waals surface area contributed by atoms with Gasteiger partial charge in [-0.2, -0.15) is 0 Å². The number of benzene rings is 2. The normalized spacial score (nSPS) is 13.7. The fourth-order valence-corrected chi connectivity index (χ4v) is 2.19. The van der Waals surface area contributed by atoms with Crippen LogP contribution in [0.2, 0.25) is 0 Å². The molecule has 3 rings (SSSR count). The van der Waals surface area contributed by atoms with Crippen molar-refractivity contribution >= 4 is 5.69 Å². The molecule has 0 atom stereocenters. The van der Waals surface area contributed by atoms with Crippen LogP contribution >= 0.6 is 0 Å². The molecule has 1 aliphatic heterocycles. The molecular weight excluding hydrogens is 257 g/mol. The molecule has 20 heavy (non-hydrogen) atoms. The largest absolute Gasteiger partial charge is 0.490 e. The molecule has 0 unspecified atom stereocenters. The lowest BCUT2D eigenvalue weighted by molar-refractivity contribution is 0.296. The van der Waals surface area contributed by atoms with Crippen LogP contribution in [0.4, 0.5) is 10.1 Å². The van der Waals surface area contributed by atoms with E-state index >= 15 is 0 Å². The van der Waals surface area contributed by atoms with Gasteiger partial charge >= 0.3 is 0 Å². The number of halogens is 1. The number of fused-ring (bicyclic) bond motifs is 1. The lowest BCUT2D eigenvalue weighted by atomic mass is 10.1. The Labute approximate surface area is 117 Å². The highest BCUT2D eigenvalue weighted by molar-refractivity contribution is 5.50. The Morgan fingerprint density at radius 3 is 2.75 bits per heavy atom. The Morgan fingerprint density at radius 1 is 1.00 bits per heavy atom. The summed E-state index contributed by atoms with van der Waals surface area (Å²) in [5.41, 5.74) is 1.45. The standard InChI is InChI=1S/C16H16FNO2/c17-13-6-1-2-7-14(13)18-11-12-5-3-8-15-16(12)20-10-4-9-19-15/h1-3,5-8,18H,4,9-11H2. The Balaban J connectivity index is 1.80. The maximum Gasteiger partial charge on any atom is 0.166 e. The van der Waals surface area contributed by atoms with Crippen LogP contribution in [-0.4, -0.2) is 13.2 Å². The summed E-state index contributed by atoms with van der Waals surface area (Å²) in [6.07, 6.45) is 0.870. The zero-order valence-electron chi connectivity index (χ0n) is 11.1. The molecule has 1 N–H and O–H groups in total. The number of rotatable bonds is 3. The third-order valence-corrected chi connectivity index (χ3v) is 3.20. The maximum atomic E-state index is 13.6. The van der Waals surface area contributed by atoms with Crippen molar-refractivity contribution in [1.82, 2.24) is 0 Å². The minimum absolute atomic E-state index is 0.258. The van der Waals surface area contributed by atoms with Crippen molar-refractivity contribution in [3.63, 3.8) is 0 Å². The average molecular weight is 273 g/mol. The van der Waals surface area contributed by atoms with Crippen LogP contribution in [0.1, 0.15) is 12.0 Å². The van der Waals surface area contributed by atoms with Crippen LogP contribution in [0, 0.1) is 5.82 Å². The Morgan fingerprint density at radius 2 is 1.85 bits per heavy atom. The summed E-state index contributed by atoms with van der Waals surface area (Å²) in [4.78, 5) is 0. The molecule has 0 saturated carbocycles. The van der Waals surface area contributed by atoms with E-state index in [-0.39, 0.29) is 5.82 Å².